The van der Waals surface area contributed by atoms with Gasteiger partial charge in [0.1, 0.15) is 10.8 Å². The molecule has 6 nitrogen and oxygen atoms in total. The zero-order valence-corrected chi connectivity index (χ0v) is 13.1. The molecule has 2 rings (SSSR count). The fourth-order valence-corrected chi connectivity index (χ4v) is 3.61. The Morgan fingerprint density at radius 1 is 1.52 bits per heavy atom. The summed E-state index contributed by atoms with van der Waals surface area (Å²) in [6.07, 6.45) is 1.20. The lowest BCUT2D eigenvalue weighted by Gasteiger charge is -2.12. The number of anilines is 1. The summed E-state index contributed by atoms with van der Waals surface area (Å²) in [4.78, 5) is -0.136. The molecule has 2 aromatic rings. The second-order valence-electron chi connectivity index (χ2n) is 4.08. The Morgan fingerprint density at radius 2 is 2.19 bits per heavy atom. The summed E-state index contributed by atoms with van der Waals surface area (Å²) >= 11 is 10.6. The van der Waals surface area contributed by atoms with Gasteiger partial charge in [-0.1, -0.05) is 23.8 Å². The van der Waals surface area contributed by atoms with E-state index >= 15 is 0 Å². The Hall–Kier alpha value is -1.71. The van der Waals surface area contributed by atoms with Gasteiger partial charge in [0.05, 0.1) is 16.9 Å². The Morgan fingerprint density at radius 3 is 2.71 bits per heavy atom. The van der Waals surface area contributed by atoms with E-state index in [1.807, 2.05) is 0 Å². The molecule has 0 spiro atoms. The normalized spacial score (nSPS) is 11.4. The number of rotatable bonds is 4. The van der Waals surface area contributed by atoms with Crippen molar-refractivity contribution in [1.29, 1.82) is 0 Å². The topological polar surface area (TPSA) is 90.0 Å². The molecule has 0 aliphatic rings. The minimum absolute atomic E-state index is 0.0380. The number of hydrogen-bond acceptors (Lipinski definition) is 4. The number of hydrogen-bond donors (Lipinski definition) is 2. The van der Waals surface area contributed by atoms with Gasteiger partial charge in [-0.3, -0.25) is 9.40 Å². The largest absolute Gasteiger partial charge is 0.389 e. The number of sulfonamides is 1. The van der Waals surface area contributed by atoms with E-state index in [1.54, 1.807) is 0 Å². The molecule has 10 heteroatoms. The summed E-state index contributed by atoms with van der Waals surface area (Å²) < 4.78 is 41.3. The van der Waals surface area contributed by atoms with Gasteiger partial charge in [0.15, 0.2) is 5.03 Å². The van der Waals surface area contributed by atoms with Gasteiger partial charge in [-0.15, -0.1) is 0 Å². The molecule has 0 unspecified atom stereocenters. The van der Waals surface area contributed by atoms with Crippen molar-refractivity contribution in [3.8, 4) is 0 Å². The van der Waals surface area contributed by atoms with Gasteiger partial charge in [0.25, 0.3) is 10.0 Å². The van der Waals surface area contributed by atoms with E-state index < -0.39 is 15.8 Å². The number of halogens is 2. The summed E-state index contributed by atoms with van der Waals surface area (Å²) in [5.74, 6) is -0.584. The maximum atomic E-state index is 13.2. The van der Waals surface area contributed by atoms with Crippen LogP contribution in [-0.4, -0.2) is 23.2 Å². The van der Waals surface area contributed by atoms with Crippen LogP contribution in [-0.2, 0) is 17.1 Å². The highest BCUT2D eigenvalue weighted by Gasteiger charge is 2.24. The van der Waals surface area contributed by atoms with Crippen molar-refractivity contribution in [2.45, 2.75) is 5.03 Å². The SMILES string of the molecule is Cn1ncc(Cl)c1S(=O)(=O)Nc1ccc(F)cc1C(N)=S. The average molecular weight is 349 g/mol. The summed E-state index contributed by atoms with van der Waals surface area (Å²) in [6, 6.07) is 3.36. The molecular formula is C11H10ClFN4O2S2. The monoisotopic (exact) mass is 348 g/mol. The predicted molar refractivity (Wildman–Crippen MR) is 81.3 cm³/mol. The lowest BCUT2D eigenvalue weighted by molar-refractivity contribution is 0.582. The quantitative estimate of drug-likeness (QED) is 0.820. The van der Waals surface area contributed by atoms with Crippen LogP contribution in [0.2, 0.25) is 5.02 Å². The van der Waals surface area contributed by atoms with Gasteiger partial charge >= 0.3 is 0 Å². The number of benzene rings is 1. The van der Waals surface area contributed by atoms with Crippen LogP contribution in [0, 0.1) is 5.82 Å². The van der Waals surface area contributed by atoms with Crippen LogP contribution >= 0.6 is 23.8 Å². The molecule has 0 fully saturated rings. The lowest BCUT2D eigenvalue weighted by atomic mass is 10.2. The molecule has 0 saturated carbocycles. The molecule has 1 aromatic carbocycles. The highest BCUT2D eigenvalue weighted by atomic mass is 35.5. The number of aromatic nitrogens is 2. The molecule has 112 valence electrons. The van der Waals surface area contributed by atoms with E-state index in [4.69, 9.17) is 29.6 Å². The summed E-state index contributed by atoms with van der Waals surface area (Å²) in [5.41, 5.74) is 5.60. The maximum Gasteiger partial charge on any atom is 0.280 e. The van der Waals surface area contributed by atoms with Gasteiger partial charge in [-0.2, -0.15) is 13.5 Å². The Bertz CT molecular complexity index is 800. The van der Waals surface area contributed by atoms with Crippen LogP contribution in [0.25, 0.3) is 0 Å². The van der Waals surface area contributed by atoms with Gasteiger partial charge in [-0.25, -0.2) is 4.39 Å². The van der Waals surface area contributed by atoms with Gasteiger partial charge in [0.2, 0.25) is 0 Å². The molecule has 0 bridgehead atoms. The van der Waals surface area contributed by atoms with Gasteiger partial charge in [-0.05, 0) is 18.2 Å². The van der Waals surface area contributed by atoms with E-state index in [2.05, 4.69) is 9.82 Å². The molecular weight excluding hydrogens is 339 g/mol. The number of aryl methyl sites for hydroxylation is 1. The second kappa shape index (κ2) is 5.58. The maximum absolute atomic E-state index is 13.2. The van der Waals surface area contributed by atoms with Crippen LogP contribution in [0.3, 0.4) is 0 Å². The van der Waals surface area contributed by atoms with Gasteiger partial charge in [0, 0.05) is 12.6 Å². The van der Waals surface area contributed by atoms with E-state index in [-0.39, 0.29) is 26.3 Å². The fraction of sp³-hybridized carbons (Fsp3) is 0.0909. The minimum atomic E-state index is -4.02. The lowest BCUT2D eigenvalue weighted by Crippen LogP contribution is -2.20. The number of nitrogens with one attached hydrogen (secondary N) is 1. The number of nitrogens with zero attached hydrogens (tertiary/aromatic N) is 2. The Labute approximate surface area is 130 Å². The zero-order valence-electron chi connectivity index (χ0n) is 10.7. The highest BCUT2D eigenvalue weighted by Crippen LogP contribution is 2.25. The van der Waals surface area contributed by atoms with Crippen molar-refractivity contribution < 1.29 is 12.8 Å². The third-order valence-electron chi connectivity index (χ3n) is 2.59. The average Bonchev–Trinajstić information content (AvgIpc) is 2.71. The third-order valence-corrected chi connectivity index (χ3v) is 4.68. The van der Waals surface area contributed by atoms with Crippen molar-refractivity contribution in [3.63, 3.8) is 0 Å². The van der Waals surface area contributed by atoms with Crippen molar-refractivity contribution in [2.75, 3.05) is 4.72 Å². The zero-order chi connectivity index (χ0) is 15.8. The first-order valence-corrected chi connectivity index (χ1v) is 7.79. The molecule has 0 amide bonds. The van der Waals surface area contributed by atoms with Crippen LogP contribution < -0.4 is 10.5 Å². The first-order valence-electron chi connectivity index (χ1n) is 5.52. The Balaban J connectivity index is 2.50. The summed E-state index contributed by atoms with van der Waals surface area (Å²) in [5, 5.41) is 3.49. The standard InChI is InChI=1S/C11H10ClFN4O2S2/c1-17-11(8(12)5-15-17)21(18,19)16-9-3-2-6(13)4-7(9)10(14)20/h2-5,16H,1H3,(H2,14,20). The number of thiocarbonyl (C=S) groups is 1. The fourth-order valence-electron chi connectivity index (χ4n) is 1.70. The molecule has 0 radical (unpaired) electrons. The molecule has 1 heterocycles. The van der Waals surface area contributed by atoms with E-state index in [0.29, 0.717) is 0 Å². The van der Waals surface area contributed by atoms with E-state index in [9.17, 15) is 12.8 Å². The van der Waals surface area contributed by atoms with Gasteiger partial charge < -0.3 is 5.73 Å². The van der Waals surface area contributed by atoms with E-state index in [0.717, 1.165) is 16.8 Å². The van der Waals surface area contributed by atoms with E-state index in [1.165, 1.54) is 19.3 Å². The smallest absolute Gasteiger partial charge is 0.280 e. The van der Waals surface area contributed by atoms with Crippen LogP contribution in [0.15, 0.2) is 29.4 Å². The molecule has 0 saturated heterocycles. The second-order valence-corrected chi connectivity index (χ2v) is 6.53. The summed E-state index contributed by atoms with van der Waals surface area (Å²) in [7, 11) is -2.59. The Kier molecular flexibility index (Phi) is 4.17. The van der Waals surface area contributed by atoms with Crippen molar-refractivity contribution in [1.82, 2.24) is 9.78 Å². The molecule has 0 aliphatic heterocycles. The van der Waals surface area contributed by atoms with Crippen molar-refractivity contribution >= 4 is 44.5 Å². The summed E-state index contributed by atoms with van der Waals surface area (Å²) in [6.45, 7) is 0. The molecule has 3 N–H and O–H groups in total. The molecule has 0 atom stereocenters. The molecule has 1 aromatic heterocycles. The molecule has 21 heavy (non-hydrogen) atoms. The van der Waals surface area contributed by atoms with Crippen molar-refractivity contribution in [3.05, 3.63) is 40.8 Å². The number of nitrogens with two attached hydrogens (primary N) is 1. The van der Waals surface area contributed by atoms with Crippen molar-refractivity contribution in [2.24, 2.45) is 12.8 Å². The first kappa shape index (κ1) is 15.7. The van der Waals surface area contributed by atoms with Crippen LogP contribution in [0.5, 0.6) is 0 Å². The van der Waals surface area contributed by atoms with Crippen LogP contribution in [0.1, 0.15) is 5.56 Å². The predicted octanol–water partition coefficient (Wildman–Crippen LogP) is 1.65. The minimum Gasteiger partial charge on any atom is -0.389 e. The third kappa shape index (κ3) is 3.14. The molecule has 0 aliphatic carbocycles. The highest BCUT2D eigenvalue weighted by molar-refractivity contribution is 7.92. The van der Waals surface area contributed by atoms with Crippen LogP contribution in [0.4, 0.5) is 10.1 Å². The first-order chi connectivity index (χ1) is 9.72.